The monoisotopic (exact) mass is 279 g/mol. The van der Waals surface area contributed by atoms with Crippen LogP contribution in [0.4, 0.5) is 5.82 Å². The van der Waals surface area contributed by atoms with Gasteiger partial charge in [-0.15, -0.1) is 11.3 Å². The van der Waals surface area contributed by atoms with Crippen molar-refractivity contribution in [2.45, 2.75) is 20.4 Å². The van der Waals surface area contributed by atoms with Gasteiger partial charge in [0.25, 0.3) is 0 Å². The van der Waals surface area contributed by atoms with Crippen molar-refractivity contribution in [2.24, 2.45) is 5.73 Å². The van der Waals surface area contributed by atoms with Crippen molar-refractivity contribution in [3.05, 3.63) is 33.7 Å². The summed E-state index contributed by atoms with van der Waals surface area (Å²) in [4.78, 5) is 13.0. The SMILES string of the molecule is Cc1csc(CNc2nc(C)ncc2C(N)=S)n1. The standard InChI is InChI=1S/C11H13N5S2/c1-6-5-18-9(15-6)4-14-11-8(10(12)17)3-13-7(2)16-11/h3,5H,4H2,1-2H3,(H2,12,17)(H,13,14,16). The highest BCUT2D eigenvalue weighted by Crippen LogP contribution is 2.15. The van der Waals surface area contributed by atoms with Crippen molar-refractivity contribution in [1.82, 2.24) is 15.0 Å². The van der Waals surface area contributed by atoms with Gasteiger partial charge in [0.05, 0.1) is 12.1 Å². The zero-order valence-corrected chi connectivity index (χ0v) is 11.7. The number of aromatic nitrogens is 3. The molecule has 2 rings (SSSR count). The third-order valence-electron chi connectivity index (χ3n) is 2.25. The van der Waals surface area contributed by atoms with Gasteiger partial charge in [-0.05, 0) is 13.8 Å². The van der Waals surface area contributed by atoms with Crippen LogP contribution in [0.2, 0.25) is 0 Å². The number of hydrogen-bond acceptors (Lipinski definition) is 6. The van der Waals surface area contributed by atoms with E-state index in [1.165, 1.54) is 0 Å². The predicted octanol–water partition coefficient (Wildman–Crippen LogP) is 1.80. The molecule has 94 valence electrons. The second-order valence-electron chi connectivity index (χ2n) is 3.78. The lowest BCUT2D eigenvalue weighted by molar-refractivity contribution is 1.00. The van der Waals surface area contributed by atoms with Crippen LogP contribution in [0, 0.1) is 13.8 Å². The fourth-order valence-corrected chi connectivity index (χ4v) is 2.29. The molecule has 0 spiro atoms. The van der Waals surface area contributed by atoms with E-state index >= 15 is 0 Å². The Bertz CT molecular complexity index is 579. The van der Waals surface area contributed by atoms with Gasteiger partial charge < -0.3 is 11.1 Å². The van der Waals surface area contributed by atoms with Crippen LogP contribution >= 0.6 is 23.6 Å². The van der Waals surface area contributed by atoms with Crippen molar-refractivity contribution < 1.29 is 0 Å². The molecular formula is C11H13N5S2. The Morgan fingerprint density at radius 1 is 1.44 bits per heavy atom. The van der Waals surface area contributed by atoms with Crippen LogP contribution < -0.4 is 11.1 Å². The number of thiocarbonyl (C=S) groups is 1. The van der Waals surface area contributed by atoms with Crippen molar-refractivity contribution in [2.75, 3.05) is 5.32 Å². The van der Waals surface area contributed by atoms with Crippen molar-refractivity contribution in [1.29, 1.82) is 0 Å². The largest absolute Gasteiger partial charge is 0.389 e. The van der Waals surface area contributed by atoms with Crippen LogP contribution in [0.25, 0.3) is 0 Å². The van der Waals surface area contributed by atoms with E-state index in [1.807, 2.05) is 19.2 Å². The first-order valence-corrected chi connectivity index (χ1v) is 6.63. The van der Waals surface area contributed by atoms with Gasteiger partial charge in [0.15, 0.2) is 0 Å². The van der Waals surface area contributed by atoms with Gasteiger partial charge in [-0.1, -0.05) is 12.2 Å². The highest BCUT2D eigenvalue weighted by atomic mass is 32.1. The molecule has 2 heterocycles. The van der Waals surface area contributed by atoms with E-state index in [0.717, 1.165) is 10.7 Å². The van der Waals surface area contributed by atoms with Crippen LogP contribution in [-0.4, -0.2) is 19.9 Å². The molecule has 0 radical (unpaired) electrons. The van der Waals surface area contributed by atoms with E-state index < -0.39 is 0 Å². The molecule has 0 saturated carbocycles. The van der Waals surface area contributed by atoms with Crippen LogP contribution in [0.3, 0.4) is 0 Å². The zero-order valence-electron chi connectivity index (χ0n) is 10.1. The summed E-state index contributed by atoms with van der Waals surface area (Å²) in [5.74, 6) is 1.33. The molecule has 0 fully saturated rings. The van der Waals surface area contributed by atoms with Gasteiger partial charge in [0.2, 0.25) is 0 Å². The molecule has 0 aliphatic heterocycles. The number of nitrogens with zero attached hydrogens (tertiary/aromatic N) is 3. The summed E-state index contributed by atoms with van der Waals surface area (Å²) in [5.41, 5.74) is 7.31. The molecule has 18 heavy (non-hydrogen) atoms. The van der Waals surface area contributed by atoms with Gasteiger partial charge >= 0.3 is 0 Å². The molecule has 0 bridgehead atoms. The highest BCUT2D eigenvalue weighted by Gasteiger charge is 2.08. The molecule has 0 aromatic carbocycles. The highest BCUT2D eigenvalue weighted by molar-refractivity contribution is 7.80. The number of rotatable bonds is 4. The van der Waals surface area contributed by atoms with Crippen LogP contribution in [0.5, 0.6) is 0 Å². The summed E-state index contributed by atoms with van der Waals surface area (Å²) in [7, 11) is 0. The summed E-state index contributed by atoms with van der Waals surface area (Å²) in [6.45, 7) is 4.39. The molecule has 0 amide bonds. The smallest absolute Gasteiger partial charge is 0.140 e. The zero-order chi connectivity index (χ0) is 13.1. The minimum Gasteiger partial charge on any atom is -0.389 e. The summed E-state index contributed by atoms with van der Waals surface area (Å²) in [6, 6.07) is 0. The van der Waals surface area contributed by atoms with E-state index in [0.29, 0.717) is 23.8 Å². The molecule has 0 saturated heterocycles. The van der Waals surface area contributed by atoms with E-state index in [-0.39, 0.29) is 4.99 Å². The van der Waals surface area contributed by atoms with Crippen LogP contribution in [0.15, 0.2) is 11.6 Å². The summed E-state index contributed by atoms with van der Waals surface area (Å²) < 4.78 is 0. The molecular weight excluding hydrogens is 266 g/mol. The quantitative estimate of drug-likeness (QED) is 0.831. The normalized spacial score (nSPS) is 10.3. The van der Waals surface area contributed by atoms with Gasteiger partial charge in [0.1, 0.15) is 21.6 Å². The molecule has 0 aliphatic rings. The van der Waals surface area contributed by atoms with Gasteiger partial charge in [-0.2, -0.15) is 0 Å². The average molecular weight is 279 g/mol. The molecule has 3 N–H and O–H groups in total. The Balaban J connectivity index is 2.17. The van der Waals surface area contributed by atoms with E-state index in [4.69, 9.17) is 18.0 Å². The number of anilines is 1. The second kappa shape index (κ2) is 5.36. The van der Waals surface area contributed by atoms with E-state index in [2.05, 4.69) is 20.3 Å². The third-order valence-corrected chi connectivity index (χ3v) is 3.43. The molecule has 5 nitrogen and oxygen atoms in total. The first kappa shape index (κ1) is 12.8. The first-order valence-electron chi connectivity index (χ1n) is 5.34. The minimum absolute atomic E-state index is 0.285. The fourth-order valence-electron chi connectivity index (χ4n) is 1.43. The lowest BCUT2D eigenvalue weighted by atomic mass is 10.3. The summed E-state index contributed by atoms with van der Waals surface area (Å²) >= 11 is 6.58. The summed E-state index contributed by atoms with van der Waals surface area (Å²) in [6.07, 6.45) is 1.64. The lowest BCUT2D eigenvalue weighted by Crippen LogP contribution is -2.15. The first-order chi connectivity index (χ1) is 8.56. The Labute approximate surface area is 114 Å². The second-order valence-corrected chi connectivity index (χ2v) is 5.16. The van der Waals surface area contributed by atoms with Gasteiger partial charge in [-0.25, -0.2) is 15.0 Å². The maximum absolute atomic E-state index is 5.64. The Morgan fingerprint density at radius 2 is 2.22 bits per heavy atom. The van der Waals surface area contributed by atoms with Gasteiger partial charge in [-0.3, -0.25) is 0 Å². The Morgan fingerprint density at radius 3 is 2.83 bits per heavy atom. The molecule has 0 aliphatic carbocycles. The van der Waals surface area contributed by atoms with Gasteiger partial charge in [0, 0.05) is 17.3 Å². The van der Waals surface area contributed by atoms with E-state index in [9.17, 15) is 0 Å². The maximum atomic E-state index is 5.64. The number of aryl methyl sites for hydroxylation is 2. The molecule has 2 aromatic heterocycles. The number of thiazole rings is 1. The van der Waals surface area contributed by atoms with Crippen LogP contribution in [0.1, 0.15) is 22.1 Å². The van der Waals surface area contributed by atoms with E-state index in [1.54, 1.807) is 17.5 Å². The Hall–Kier alpha value is -1.60. The molecule has 7 heteroatoms. The topological polar surface area (TPSA) is 76.7 Å². The molecule has 2 aromatic rings. The van der Waals surface area contributed by atoms with Crippen molar-refractivity contribution in [3.8, 4) is 0 Å². The molecule has 0 atom stereocenters. The third kappa shape index (κ3) is 2.99. The minimum atomic E-state index is 0.285. The van der Waals surface area contributed by atoms with Crippen molar-refractivity contribution >= 4 is 34.4 Å². The number of nitrogens with two attached hydrogens (primary N) is 1. The number of nitrogens with one attached hydrogen (secondary N) is 1. The number of hydrogen-bond donors (Lipinski definition) is 2. The molecule has 0 unspecified atom stereocenters. The average Bonchev–Trinajstić information content (AvgIpc) is 2.72. The van der Waals surface area contributed by atoms with Crippen LogP contribution in [-0.2, 0) is 6.54 Å². The predicted molar refractivity (Wildman–Crippen MR) is 76.8 cm³/mol. The lowest BCUT2D eigenvalue weighted by Gasteiger charge is -2.09. The van der Waals surface area contributed by atoms with Crippen molar-refractivity contribution in [3.63, 3.8) is 0 Å². The summed E-state index contributed by atoms with van der Waals surface area (Å²) in [5, 5.41) is 6.20. The maximum Gasteiger partial charge on any atom is 0.140 e. The Kier molecular flexibility index (Phi) is 3.83. The fraction of sp³-hybridized carbons (Fsp3) is 0.273.